The van der Waals surface area contributed by atoms with Gasteiger partial charge in [-0.1, -0.05) is 12.1 Å². The number of hydrogen-bond donors (Lipinski definition) is 3. The molecule has 3 N–H and O–H groups in total. The third kappa shape index (κ3) is 3.46. The fourth-order valence-electron chi connectivity index (χ4n) is 2.19. The number of aliphatic hydroxyl groups is 1. The summed E-state index contributed by atoms with van der Waals surface area (Å²) >= 11 is 0. The Morgan fingerprint density at radius 3 is 3.05 bits per heavy atom. The van der Waals surface area contributed by atoms with E-state index in [1.54, 1.807) is 0 Å². The van der Waals surface area contributed by atoms with E-state index in [4.69, 9.17) is 5.11 Å². The zero-order valence-electron chi connectivity index (χ0n) is 11.7. The van der Waals surface area contributed by atoms with Gasteiger partial charge >= 0.3 is 0 Å². The molecule has 1 amide bonds. The SMILES string of the molecule is O=C(Nc1cccc(CCCO)c1)c1n[nH]c(C2CC2)n1. The number of amides is 1. The summed E-state index contributed by atoms with van der Waals surface area (Å²) in [5, 5.41) is 18.4. The number of carbonyl (C=O) groups excluding carboxylic acids is 1. The third-order valence-electron chi connectivity index (χ3n) is 3.48. The first kappa shape index (κ1) is 13.8. The van der Waals surface area contributed by atoms with E-state index in [-0.39, 0.29) is 18.3 Å². The standard InChI is InChI=1S/C15H18N4O2/c20-8-2-4-10-3-1-5-12(9-10)16-15(21)14-17-13(18-19-14)11-6-7-11/h1,3,5,9,11,20H,2,4,6-8H2,(H,16,21)(H,17,18,19). The first-order valence-electron chi connectivity index (χ1n) is 7.19. The molecule has 3 rings (SSSR count). The number of aryl methyl sites for hydroxylation is 1. The summed E-state index contributed by atoms with van der Waals surface area (Å²) in [6, 6.07) is 7.59. The van der Waals surface area contributed by atoms with Crippen molar-refractivity contribution in [3.05, 3.63) is 41.5 Å². The summed E-state index contributed by atoms with van der Waals surface area (Å²) in [5.41, 5.74) is 1.80. The number of carbonyl (C=O) groups is 1. The Bertz CT molecular complexity index is 634. The average Bonchev–Trinajstić information content (AvgIpc) is 3.22. The van der Waals surface area contributed by atoms with Gasteiger partial charge in [0.2, 0.25) is 5.82 Å². The lowest BCUT2D eigenvalue weighted by Gasteiger charge is -2.05. The fraction of sp³-hybridized carbons (Fsp3) is 0.400. The molecule has 0 saturated heterocycles. The molecule has 1 saturated carbocycles. The molecule has 0 spiro atoms. The van der Waals surface area contributed by atoms with Gasteiger partial charge in [-0.2, -0.15) is 0 Å². The molecule has 110 valence electrons. The Balaban J connectivity index is 1.65. The normalized spacial score (nSPS) is 14.1. The van der Waals surface area contributed by atoms with Crippen LogP contribution in [0, 0.1) is 0 Å². The highest BCUT2D eigenvalue weighted by Crippen LogP contribution is 2.37. The van der Waals surface area contributed by atoms with Crippen LogP contribution in [0.1, 0.15) is 47.2 Å². The van der Waals surface area contributed by atoms with E-state index in [0.29, 0.717) is 18.0 Å². The molecule has 2 aromatic rings. The van der Waals surface area contributed by atoms with Gasteiger partial charge in [-0.15, -0.1) is 5.10 Å². The minimum absolute atomic E-state index is 0.164. The van der Waals surface area contributed by atoms with Crippen LogP contribution in [0.4, 0.5) is 5.69 Å². The fourth-order valence-corrected chi connectivity index (χ4v) is 2.19. The number of nitrogens with one attached hydrogen (secondary N) is 2. The van der Waals surface area contributed by atoms with Crippen LogP contribution < -0.4 is 5.32 Å². The van der Waals surface area contributed by atoms with E-state index in [1.807, 2.05) is 24.3 Å². The second-order valence-corrected chi connectivity index (χ2v) is 5.30. The number of benzene rings is 1. The van der Waals surface area contributed by atoms with Crippen LogP contribution in [0.2, 0.25) is 0 Å². The lowest BCUT2D eigenvalue weighted by atomic mass is 10.1. The van der Waals surface area contributed by atoms with E-state index < -0.39 is 0 Å². The highest BCUT2D eigenvalue weighted by Gasteiger charge is 2.28. The van der Waals surface area contributed by atoms with Crippen molar-refractivity contribution >= 4 is 11.6 Å². The Kier molecular flexibility index (Phi) is 3.96. The molecule has 1 heterocycles. The first-order valence-corrected chi connectivity index (χ1v) is 7.19. The number of nitrogens with zero attached hydrogens (tertiary/aromatic N) is 2. The third-order valence-corrected chi connectivity index (χ3v) is 3.48. The quantitative estimate of drug-likeness (QED) is 0.756. The predicted molar refractivity (Wildman–Crippen MR) is 78.2 cm³/mol. The summed E-state index contributed by atoms with van der Waals surface area (Å²) in [4.78, 5) is 16.3. The summed E-state index contributed by atoms with van der Waals surface area (Å²) in [7, 11) is 0. The molecule has 6 nitrogen and oxygen atoms in total. The highest BCUT2D eigenvalue weighted by atomic mass is 16.2. The zero-order chi connectivity index (χ0) is 14.7. The van der Waals surface area contributed by atoms with Crippen LogP contribution in [0.15, 0.2) is 24.3 Å². The van der Waals surface area contributed by atoms with Crippen LogP contribution in [-0.2, 0) is 6.42 Å². The van der Waals surface area contributed by atoms with Gasteiger partial charge in [-0.25, -0.2) is 4.98 Å². The van der Waals surface area contributed by atoms with Crippen LogP contribution in [-0.4, -0.2) is 32.8 Å². The van der Waals surface area contributed by atoms with Gasteiger partial charge in [0.25, 0.3) is 5.91 Å². The van der Waals surface area contributed by atoms with Crippen molar-refractivity contribution in [2.24, 2.45) is 0 Å². The topological polar surface area (TPSA) is 90.9 Å². The number of H-pyrrole nitrogens is 1. The van der Waals surface area contributed by atoms with Crippen molar-refractivity contribution in [1.82, 2.24) is 15.2 Å². The maximum atomic E-state index is 12.1. The van der Waals surface area contributed by atoms with Crippen molar-refractivity contribution in [1.29, 1.82) is 0 Å². The smallest absolute Gasteiger partial charge is 0.295 e. The maximum absolute atomic E-state index is 12.1. The maximum Gasteiger partial charge on any atom is 0.295 e. The summed E-state index contributed by atoms with van der Waals surface area (Å²) in [6.45, 7) is 0.164. The van der Waals surface area contributed by atoms with Gasteiger partial charge in [0, 0.05) is 18.2 Å². The minimum Gasteiger partial charge on any atom is -0.396 e. The Morgan fingerprint density at radius 1 is 1.43 bits per heavy atom. The summed E-state index contributed by atoms with van der Waals surface area (Å²) in [6.07, 6.45) is 3.72. The lowest BCUT2D eigenvalue weighted by molar-refractivity contribution is 0.101. The molecule has 1 aliphatic rings. The average molecular weight is 286 g/mol. The molecule has 0 atom stereocenters. The number of anilines is 1. The number of hydrogen-bond acceptors (Lipinski definition) is 4. The van der Waals surface area contributed by atoms with E-state index in [1.165, 1.54) is 0 Å². The largest absolute Gasteiger partial charge is 0.396 e. The van der Waals surface area contributed by atoms with E-state index in [9.17, 15) is 4.79 Å². The highest BCUT2D eigenvalue weighted by molar-refractivity contribution is 6.01. The van der Waals surface area contributed by atoms with Crippen LogP contribution in [0.25, 0.3) is 0 Å². The number of aromatic amines is 1. The lowest BCUT2D eigenvalue weighted by Crippen LogP contribution is -2.14. The molecular weight excluding hydrogens is 268 g/mol. The summed E-state index contributed by atoms with van der Waals surface area (Å²) < 4.78 is 0. The number of aromatic nitrogens is 3. The van der Waals surface area contributed by atoms with Gasteiger partial charge in [0.1, 0.15) is 5.82 Å². The van der Waals surface area contributed by atoms with Gasteiger partial charge in [0.05, 0.1) is 0 Å². The van der Waals surface area contributed by atoms with E-state index in [2.05, 4.69) is 20.5 Å². The van der Waals surface area contributed by atoms with Crippen molar-refractivity contribution in [2.75, 3.05) is 11.9 Å². The van der Waals surface area contributed by atoms with Gasteiger partial charge in [0.15, 0.2) is 0 Å². The number of rotatable bonds is 6. The van der Waals surface area contributed by atoms with Crippen molar-refractivity contribution in [2.45, 2.75) is 31.6 Å². The molecule has 6 heteroatoms. The molecular formula is C15H18N4O2. The van der Waals surface area contributed by atoms with E-state index in [0.717, 1.165) is 30.7 Å². The summed E-state index contributed by atoms with van der Waals surface area (Å²) in [5.74, 6) is 1.12. The first-order chi connectivity index (χ1) is 10.3. The Morgan fingerprint density at radius 2 is 2.29 bits per heavy atom. The van der Waals surface area contributed by atoms with Crippen LogP contribution in [0.3, 0.4) is 0 Å². The number of aliphatic hydroxyl groups excluding tert-OH is 1. The molecule has 21 heavy (non-hydrogen) atoms. The van der Waals surface area contributed by atoms with Crippen LogP contribution in [0.5, 0.6) is 0 Å². The molecule has 0 aliphatic heterocycles. The second kappa shape index (κ2) is 6.05. The van der Waals surface area contributed by atoms with Gasteiger partial charge in [-0.05, 0) is 43.4 Å². The Labute approximate surface area is 122 Å². The van der Waals surface area contributed by atoms with Gasteiger partial charge < -0.3 is 10.4 Å². The molecule has 0 radical (unpaired) electrons. The predicted octanol–water partition coefficient (Wildman–Crippen LogP) is 1.86. The molecule has 0 unspecified atom stereocenters. The second-order valence-electron chi connectivity index (χ2n) is 5.30. The molecule has 1 aromatic carbocycles. The molecule has 1 aromatic heterocycles. The monoisotopic (exact) mass is 286 g/mol. The van der Waals surface area contributed by atoms with Crippen molar-refractivity contribution in [3.8, 4) is 0 Å². The minimum atomic E-state index is -0.308. The van der Waals surface area contributed by atoms with Crippen molar-refractivity contribution < 1.29 is 9.90 Å². The molecule has 1 aliphatic carbocycles. The van der Waals surface area contributed by atoms with Crippen molar-refractivity contribution in [3.63, 3.8) is 0 Å². The van der Waals surface area contributed by atoms with Gasteiger partial charge in [-0.3, -0.25) is 9.89 Å². The van der Waals surface area contributed by atoms with Crippen LogP contribution >= 0.6 is 0 Å². The molecule has 0 bridgehead atoms. The molecule has 1 fully saturated rings. The van der Waals surface area contributed by atoms with E-state index >= 15 is 0 Å². The zero-order valence-corrected chi connectivity index (χ0v) is 11.7. The Hall–Kier alpha value is -2.21.